The molecular formula is C15H15F2N3O2. The van der Waals surface area contributed by atoms with Gasteiger partial charge >= 0.3 is 0 Å². The first-order chi connectivity index (χ1) is 10.6. The van der Waals surface area contributed by atoms with E-state index in [4.69, 9.17) is 4.74 Å². The zero-order valence-corrected chi connectivity index (χ0v) is 11.7. The van der Waals surface area contributed by atoms with Crippen molar-refractivity contribution in [1.82, 2.24) is 15.5 Å². The quantitative estimate of drug-likeness (QED) is 0.912. The van der Waals surface area contributed by atoms with E-state index in [1.807, 2.05) is 6.07 Å². The van der Waals surface area contributed by atoms with Gasteiger partial charge in [-0.3, -0.25) is 9.89 Å². The highest BCUT2D eigenvalue weighted by atomic mass is 19.3. The molecule has 5 nitrogen and oxygen atoms in total. The number of hydrogen-bond donors (Lipinski definition) is 2. The summed E-state index contributed by atoms with van der Waals surface area (Å²) in [5.74, 6) is -4.11. The zero-order chi connectivity index (χ0) is 15.4. The summed E-state index contributed by atoms with van der Waals surface area (Å²) in [4.78, 5) is 12.2. The van der Waals surface area contributed by atoms with Gasteiger partial charge < -0.3 is 10.1 Å². The van der Waals surface area contributed by atoms with E-state index in [1.54, 1.807) is 18.2 Å². The topological polar surface area (TPSA) is 67.0 Å². The summed E-state index contributed by atoms with van der Waals surface area (Å²) in [7, 11) is 0. The number of fused-ring (bicyclic) bond motifs is 2. The number of nitrogens with zero attached hydrogens (tertiary/aromatic N) is 1. The Morgan fingerprint density at radius 3 is 3.09 bits per heavy atom. The Morgan fingerprint density at radius 2 is 2.27 bits per heavy atom. The molecule has 1 saturated carbocycles. The fraction of sp³-hybridized carbons (Fsp3) is 0.467. The van der Waals surface area contributed by atoms with Crippen molar-refractivity contribution >= 4 is 16.8 Å². The maximum absolute atomic E-state index is 13.9. The number of benzene rings is 1. The second kappa shape index (κ2) is 4.49. The molecule has 22 heavy (non-hydrogen) atoms. The van der Waals surface area contributed by atoms with Crippen molar-refractivity contribution in [1.29, 1.82) is 0 Å². The average molecular weight is 307 g/mol. The normalized spacial score (nSPS) is 29.1. The van der Waals surface area contributed by atoms with E-state index in [-0.39, 0.29) is 12.2 Å². The minimum atomic E-state index is -2.86. The van der Waals surface area contributed by atoms with E-state index < -0.39 is 23.3 Å². The minimum absolute atomic E-state index is 0.190. The van der Waals surface area contributed by atoms with Crippen LogP contribution >= 0.6 is 0 Å². The number of alkyl halides is 2. The van der Waals surface area contributed by atoms with Crippen LogP contribution in [0.4, 0.5) is 8.78 Å². The molecule has 4 rings (SSSR count). The highest BCUT2D eigenvalue weighted by Gasteiger charge is 2.82. The molecule has 1 amide bonds. The van der Waals surface area contributed by atoms with Gasteiger partial charge in [0.2, 0.25) is 0 Å². The monoisotopic (exact) mass is 307 g/mol. The lowest BCUT2D eigenvalue weighted by atomic mass is 10.1. The number of aromatic amines is 1. The number of H-pyrrole nitrogens is 1. The van der Waals surface area contributed by atoms with E-state index in [0.717, 1.165) is 5.52 Å². The van der Waals surface area contributed by atoms with Crippen LogP contribution in [0.2, 0.25) is 0 Å². The van der Waals surface area contributed by atoms with Gasteiger partial charge in [0.1, 0.15) is 0 Å². The Bertz CT molecular complexity index is 745. The van der Waals surface area contributed by atoms with Crippen LogP contribution in [-0.2, 0) is 4.74 Å². The Labute approximate surface area is 125 Å². The summed E-state index contributed by atoms with van der Waals surface area (Å²) in [5, 5.41) is 9.95. The van der Waals surface area contributed by atoms with Gasteiger partial charge in [-0.1, -0.05) is 18.2 Å². The van der Waals surface area contributed by atoms with Gasteiger partial charge in [-0.15, -0.1) is 0 Å². The summed E-state index contributed by atoms with van der Waals surface area (Å²) in [6, 6.07) is 7.18. The Morgan fingerprint density at radius 1 is 1.45 bits per heavy atom. The molecule has 1 aromatic carbocycles. The van der Waals surface area contributed by atoms with Crippen LogP contribution in [-0.4, -0.2) is 40.8 Å². The van der Waals surface area contributed by atoms with Gasteiger partial charge in [0.05, 0.1) is 18.0 Å². The SMILES string of the molecule is O=C(NC[C@]12OCCC[C@H]1C2(F)F)c1n[nH]c2ccccc12. The smallest absolute Gasteiger partial charge is 0.284 e. The van der Waals surface area contributed by atoms with Gasteiger partial charge in [-0.05, 0) is 18.9 Å². The zero-order valence-electron chi connectivity index (χ0n) is 11.7. The highest BCUT2D eigenvalue weighted by molar-refractivity contribution is 6.04. The van der Waals surface area contributed by atoms with Crippen molar-refractivity contribution in [3.63, 3.8) is 0 Å². The van der Waals surface area contributed by atoms with Crippen LogP contribution in [0.25, 0.3) is 10.9 Å². The lowest BCUT2D eigenvalue weighted by Gasteiger charge is -2.21. The summed E-state index contributed by atoms with van der Waals surface area (Å²) >= 11 is 0. The third kappa shape index (κ3) is 1.71. The second-order valence-electron chi connectivity index (χ2n) is 5.86. The van der Waals surface area contributed by atoms with Crippen molar-refractivity contribution in [3.8, 4) is 0 Å². The molecule has 1 aliphatic carbocycles. The number of rotatable bonds is 3. The summed E-state index contributed by atoms with van der Waals surface area (Å²) in [5.41, 5.74) is -0.579. The third-order valence-corrected chi connectivity index (χ3v) is 4.68. The Balaban J connectivity index is 1.51. The van der Waals surface area contributed by atoms with Gasteiger partial charge in [0.25, 0.3) is 11.8 Å². The predicted molar refractivity (Wildman–Crippen MR) is 74.8 cm³/mol. The molecule has 0 radical (unpaired) electrons. The molecule has 0 spiro atoms. The molecule has 0 bridgehead atoms. The lowest BCUT2D eigenvalue weighted by molar-refractivity contribution is -0.0576. The number of carbonyl (C=O) groups is 1. The fourth-order valence-corrected chi connectivity index (χ4v) is 3.38. The standard InChI is InChI=1S/C15H15F2N3O2/c16-15(17)11-6-3-7-22-14(11,15)8-18-13(21)12-9-4-1-2-5-10(9)19-20-12/h1-2,4-5,11H,3,6-8H2,(H,18,21)(H,19,20)/t11-,14+/m1/s1. The van der Waals surface area contributed by atoms with Gasteiger partial charge in [0.15, 0.2) is 11.3 Å². The molecule has 1 aromatic heterocycles. The fourth-order valence-electron chi connectivity index (χ4n) is 3.38. The van der Waals surface area contributed by atoms with Crippen LogP contribution in [0.1, 0.15) is 23.3 Å². The van der Waals surface area contributed by atoms with E-state index in [1.165, 1.54) is 0 Å². The van der Waals surface area contributed by atoms with Crippen molar-refractivity contribution in [3.05, 3.63) is 30.0 Å². The minimum Gasteiger partial charge on any atom is -0.366 e. The molecule has 0 unspecified atom stereocenters. The second-order valence-corrected chi connectivity index (χ2v) is 5.86. The number of hydrogen-bond acceptors (Lipinski definition) is 3. The maximum atomic E-state index is 13.9. The Hall–Kier alpha value is -2.02. The Kier molecular flexibility index (Phi) is 2.78. The first-order valence-corrected chi connectivity index (χ1v) is 7.29. The van der Waals surface area contributed by atoms with E-state index in [9.17, 15) is 13.6 Å². The van der Waals surface area contributed by atoms with Gasteiger partial charge in [-0.2, -0.15) is 5.10 Å². The summed E-state index contributed by atoms with van der Waals surface area (Å²) in [6.45, 7) is 0.123. The summed E-state index contributed by atoms with van der Waals surface area (Å²) in [6.07, 6.45) is 1.08. The molecule has 2 N–H and O–H groups in total. The number of ether oxygens (including phenoxy) is 1. The maximum Gasteiger partial charge on any atom is 0.284 e. The van der Waals surface area contributed by atoms with E-state index >= 15 is 0 Å². The molecule has 116 valence electrons. The molecular weight excluding hydrogens is 292 g/mol. The third-order valence-electron chi connectivity index (χ3n) is 4.68. The van der Waals surface area contributed by atoms with Crippen molar-refractivity contribution in [2.75, 3.05) is 13.2 Å². The van der Waals surface area contributed by atoms with E-state index in [0.29, 0.717) is 24.8 Å². The molecule has 2 aromatic rings. The number of aromatic nitrogens is 2. The molecule has 2 heterocycles. The van der Waals surface area contributed by atoms with E-state index in [2.05, 4.69) is 15.5 Å². The first-order valence-electron chi connectivity index (χ1n) is 7.29. The van der Waals surface area contributed by atoms with Crippen molar-refractivity contribution < 1.29 is 18.3 Å². The number of nitrogens with one attached hydrogen (secondary N) is 2. The number of halogens is 2. The first kappa shape index (κ1) is 13.6. The molecule has 1 saturated heterocycles. The van der Waals surface area contributed by atoms with Gasteiger partial charge in [-0.25, -0.2) is 8.78 Å². The van der Waals surface area contributed by atoms with Crippen LogP contribution in [0.3, 0.4) is 0 Å². The van der Waals surface area contributed by atoms with Gasteiger partial charge in [0, 0.05) is 12.0 Å². The largest absolute Gasteiger partial charge is 0.366 e. The average Bonchev–Trinajstić information content (AvgIpc) is 2.85. The van der Waals surface area contributed by atoms with Crippen LogP contribution in [0, 0.1) is 5.92 Å². The molecule has 2 atom stereocenters. The molecule has 2 fully saturated rings. The number of para-hydroxylation sites is 1. The summed E-state index contributed by atoms with van der Waals surface area (Å²) < 4.78 is 33.1. The lowest BCUT2D eigenvalue weighted by Crippen LogP contribution is -2.41. The van der Waals surface area contributed by atoms with Crippen LogP contribution in [0.5, 0.6) is 0 Å². The number of carbonyl (C=O) groups excluding carboxylic acids is 1. The van der Waals surface area contributed by atoms with Crippen LogP contribution < -0.4 is 5.32 Å². The van der Waals surface area contributed by atoms with Crippen LogP contribution in [0.15, 0.2) is 24.3 Å². The highest BCUT2D eigenvalue weighted by Crippen LogP contribution is 2.64. The molecule has 1 aliphatic heterocycles. The predicted octanol–water partition coefficient (Wildman–Crippen LogP) is 2.11. The van der Waals surface area contributed by atoms with Crippen molar-refractivity contribution in [2.24, 2.45) is 5.92 Å². The van der Waals surface area contributed by atoms with Crippen molar-refractivity contribution in [2.45, 2.75) is 24.4 Å². The molecule has 7 heteroatoms. The molecule has 2 aliphatic rings. The number of amides is 1.